The van der Waals surface area contributed by atoms with Crippen molar-refractivity contribution in [3.05, 3.63) is 18.2 Å². The number of nitrogens with zero attached hydrogens (tertiary/aromatic N) is 4. The van der Waals surface area contributed by atoms with Crippen molar-refractivity contribution in [1.29, 1.82) is 0 Å². The van der Waals surface area contributed by atoms with E-state index in [4.69, 9.17) is 0 Å². The lowest BCUT2D eigenvalue weighted by Gasteiger charge is -2.27. The molecule has 7 nitrogen and oxygen atoms in total. The summed E-state index contributed by atoms with van der Waals surface area (Å²) in [6.45, 7) is 7.52. The largest absolute Gasteiger partial charge is 0.340 e. The van der Waals surface area contributed by atoms with Crippen LogP contribution in [0.2, 0.25) is 0 Å². The molecule has 7 heteroatoms. The summed E-state index contributed by atoms with van der Waals surface area (Å²) in [6, 6.07) is 0.436. The summed E-state index contributed by atoms with van der Waals surface area (Å²) >= 11 is 0. The second-order valence-corrected chi connectivity index (χ2v) is 6.86. The van der Waals surface area contributed by atoms with E-state index >= 15 is 0 Å². The Morgan fingerprint density at radius 2 is 2.08 bits per heavy atom. The fourth-order valence-electron chi connectivity index (χ4n) is 3.74. The molecule has 136 valence electrons. The van der Waals surface area contributed by atoms with Crippen molar-refractivity contribution < 1.29 is 9.59 Å². The number of likely N-dealkylation sites (tertiary alicyclic amines) is 2. The van der Waals surface area contributed by atoms with Gasteiger partial charge in [-0.15, -0.1) is 0 Å². The van der Waals surface area contributed by atoms with Crippen LogP contribution in [0.1, 0.15) is 38.9 Å². The second kappa shape index (κ2) is 7.91. The molecule has 1 aromatic heterocycles. The number of aryl methyl sites for hydroxylation is 1. The Morgan fingerprint density at radius 3 is 2.76 bits per heavy atom. The first kappa shape index (κ1) is 17.8. The minimum Gasteiger partial charge on any atom is -0.340 e. The number of carbonyl (C=O) groups is 2. The van der Waals surface area contributed by atoms with Crippen LogP contribution in [-0.4, -0.2) is 63.8 Å². The first-order chi connectivity index (χ1) is 12.1. The zero-order chi connectivity index (χ0) is 17.8. The zero-order valence-electron chi connectivity index (χ0n) is 15.1. The average molecular weight is 345 g/mol. The van der Waals surface area contributed by atoms with E-state index in [1.807, 2.05) is 11.8 Å². The molecule has 2 atom stereocenters. The van der Waals surface area contributed by atoms with Crippen molar-refractivity contribution in [2.24, 2.45) is 5.92 Å². The molecule has 25 heavy (non-hydrogen) atoms. The van der Waals surface area contributed by atoms with Crippen LogP contribution < -0.4 is 5.32 Å². The quantitative estimate of drug-likeness (QED) is 0.841. The monoisotopic (exact) mass is 345 g/mol. The van der Waals surface area contributed by atoms with Gasteiger partial charge in [-0.05, 0) is 25.9 Å². The summed E-state index contributed by atoms with van der Waals surface area (Å²) in [6.07, 6.45) is 6.62. The van der Waals surface area contributed by atoms with Gasteiger partial charge < -0.3 is 10.2 Å². The van der Waals surface area contributed by atoms with Crippen LogP contribution >= 0.6 is 0 Å². The first-order valence-corrected chi connectivity index (χ1v) is 9.24. The number of rotatable bonds is 6. The molecule has 0 aliphatic carbocycles. The molecule has 1 aromatic rings. The maximum atomic E-state index is 12.5. The lowest BCUT2D eigenvalue weighted by Crippen LogP contribution is -2.41. The van der Waals surface area contributed by atoms with Crippen molar-refractivity contribution in [3.8, 4) is 0 Å². The van der Waals surface area contributed by atoms with E-state index in [0.717, 1.165) is 38.3 Å². The molecular weight excluding hydrogens is 318 g/mol. The Kier molecular flexibility index (Phi) is 5.63. The van der Waals surface area contributed by atoms with Gasteiger partial charge in [-0.1, -0.05) is 13.8 Å². The predicted octanol–water partition coefficient (Wildman–Crippen LogP) is 1.31. The van der Waals surface area contributed by atoms with Crippen LogP contribution in [0.5, 0.6) is 0 Å². The molecule has 2 fully saturated rings. The normalized spacial score (nSPS) is 24.1. The molecule has 1 N–H and O–H groups in total. The number of hydrogen-bond acceptors (Lipinski definition) is 5. The predicted molar refractivity (Wildman–Crippen MR) is 95.0 cm³/mol. The molecule has 0 radical (unpaired) electrons. The molecule has 0 bridgehead atoms. The van der Waals surface area contributed by atoms with Crippen LogP contribution in [0.15, 0.2) is 12.4 Å². The maximum Gasteiger partial charge on any atom is 0.229 e. The van der Waals surface area contributed by atoms with E-state index < -0.39 is 0 Å². The number of nitrogens with one attached hydrogen (secondary N) is 1. The molecule has 2 aliphatic rings. The first-order valence-electron chi connectivity index (χ1n) is 9.24. The smallest absolute Gasteiger partial charge is 0.229 e. The van der Waals surface area contributed by atoms with Gasteiger partial charge in [-0.3, -0.25) is 14.5 Å². The van der Waals surface area contributed by atoms with Crippen LogP contribution in [0.4, 0.5) is 5.69 Å². The van der Waals surface area contributed by atoms with E-state index in [9.17, 15) is 9.59 Å². The number of anilines is 1. The van der Waals surface area contributed by atoms with Gasteiger partial charge in [-0.25, -0.2) is 9.97 Å². The highest BCUT2D eigenvalue weighted by Crippen LogP contribution is 2.24. The Labute approximate surface area is 148 Å². The Hall–Kier alpha value is -2.02. The molecule has 3 heterocycles. The Bertz CT molecular complexity index is 618. The van der Waals surface area contributed by atoms with E-state index in [-0.39, 0.29) is 17.7 Å². The van der Waals surface area contributed by atoms with Crippen molar-refractivity contribution in [2.45, 2.75) is 45.6 Å². The van der Waals surface area contributed by atoms with Gasteiger partial charge in [0, 0.05) is 32.0 Å². The van der Waals surface area contributed by atoms with Gasteiger partial charge in [0.1, 0.15) is 5.82 Å². The third kappa shape index (κ3) is 4.15. The van der Waals surface area contributed by atoms with Crippen LogP contribution in [0.3, 0.4) is 0 Å². The fourth-order valence-corrected chi connectivity index (χ4v) is 3.74. The SMILES string of the molecule is CCc1ncc(NC(=O)[C@@H]2CC(=O)N(C[C@@H]3CCCN3CC)C2)cn1. The molecule has 0 saturated carbocycles. The zero-order valence-corrected chi connectivity index (χ0v) is 15.1. The van der Waals surface area contributed by atoms with Crippen LogP contribution in [0, 0.1) is 5.92 Å². The number of aromatic nitrogens is 2. The molecule has 0 aromatic carbocycles. The minimum atomic E-state index is -0.296. The van der Waals surface area contributed by atoms with Crippen molar-refractivity contribution >= 4 is 17.5 Å². The molecule has 3 rings (SSSR count). The molecule has 2 amide bonds. The third-order valence-corrected chi connectivity index (χ3v) is 5.21. The summed E-state index contributed by atoms with van der Waals surface area (Å²) in [5.41, 5.74) is 0.584. The highest BCUT2D eigenvalue weighted by molar-refractivity contribution is 5.97. The number of carbonyl (C=O) groups excluding carboxylic acids is 2. The molecule has 0 spiro atoms. The lowest BCUT2D eigenvalue weighted by atomic mass is 10.1. The van der Waals surface area contributed by atoms with Gasteiger partial charge >= 0.3 is 0 Å². The number of hydrogen-bond donors (Lipinski definition) is 1. The standard InChI is InChI=1S/C18H27N5O2/c1-3-16-19-9-14(10-20-16)21-18(25)13-8-17(24)23(11-13)12-15-6-5-7-22(15)4-2/h9-10,13,15H,3-8,11-12H2,1-2H3,(H,21,25)/t13-,15+/m1/s1. The van der Waals surface area contributed by atoms with Crippen molar-refractivity contribution in [1.82, 2.24) is 19.8 Å². The summed E-state index contributed by atoms with van der Waals surface area (Å²) in [5, 5.41) is 2.84. The molecule has 2 saturated heterocycles. The van der Waals surface area contributed by atoms with Crippen LogP contribution in [-0.2, 0) is 16.0 Å². The highest BCUT2D eigenvalue weighted by atomic mass is 16.2. The van der Waals surface area contributed by atoms with Gasteiger partial charge in [-0.2, -0.15) is 0 Å². The number of amides is 2. The van der Waals surface area contributed by atoms with Gasteiger partial charge in [0.05, 0.1) is 24.0 Å². The fraction of sp³-hybridized carbons (Fsp3) is 0.667. The minimum absolute atomic E-state index is 0.0840. The third-order valence-electron chi connectivity index (χ3n) is 5.21. The molecule has 0 unspecified atom stereocenters. The highest BCUT2D eigenvalue weighted by Gasteiger charge is 2.36. The Morgan fingerprint density at radius 1 is 1.32 bits per heavy atom. The summed E-state index contributed by atoms with van der Waals surface area (Å²) in [7, 11) is 0. The average Bonchev–Trinajstić information content (AvgIpc) is 3.22. The van der Waals surface area contributed by atoms with E-state index in [1.54, 1.807) is 12.4 Å². The second-order valence-electron chi connectivity index (χ2n) is 6.86. The summed E-state index contributed by atoms with van der Waals surface area (Å²) < 4.78 is 0. The maximum absolute atomic E-state index is 12.5. The molecular formula is C18H27N5O2. The van der Waals surface area contributed by atoms with Gasteiger partial charge in [0.2, 0.25) is 11.8 Å². The lowest BCUT2D eigenvalue weighted by molar-refractivity contribution is -0.128. The van der Waals surface area contributed by atoms with Gasteiger partial charge in [0.15, 0.2) is 0 Å². The van der Waals surface area contributed by atoms with Crippen molar-refractivity contribution in [3.63, 3.8) is 0 Å². The Balaban J connectivity index is 1.54. The summed E-state index contributed by atoms with van der Waals surface area (Å²) in [5.74, 6) is 0.412. The summed E-state index contributed by atoms with van der Waals surface area (Å²) in [4.78, 5) is 37.4. The van der Waals surface area contributed by atoms with E-state index in [0.29, 0.717) is 24.7 Å². The van der Waals surface area contributed by atoms with E-state index in [1.165, 1.54) is 6.42 Å². The van der Waals surface area contributed by atoms with Crippen LogP contribution in [0.25, 0.3) is 0 Å². The molecule has 2 aliphatic heterocycles. The van der Waals surface area contributed by atoms with E-state index in [2.05, 4.69) is 27.1 Å². The van der Waals surface area contributed by atoms with Crippen molar-refractivity contribution in [2.75, 3.05) is 31.5 Å². The topological polar surface area (TPSA) is 78.4 Å². The van der Waals surface area contributed by atoms with Gasteiger partial charge in [0.25, 0.3) is 0 Å². The number of likely N-dealkylation sites (N-methyl/N-ethyl adjacent to an activating group) is 1.